The molecule has 1 heterocycles. The van der Waals surface area contributed by atoms with E-state index < -0.39 is 0 Å². The average Bonchev–Trinajstić information content (AvgIpc) is 2.46. The fourth-order valence-corrected chi connectivity index (χ4v) is 2.26. The second-order valence-electron chi connectivity index (χ2n) is 4.37. The highest BCUT2D eigenvalue weighted by Gasteiger charge is 2.14. The van der Waals surface area contributed by atoms with Gasteiger partial charge in [-0.2, -0.15) is 0 Å². The first-order chi connectivity index (χ1) is 9.60. The summed E-state index contributed by atoms with van der Waals surface area (Å²) in [5.74, 6) is 5.18. The van der Waals surface area contributed by atoms with Gasteiger partial charge in [0.05, 0.1) is 5.69 Å². The maximum Gasteiger partial charge on any atom is 0.272 e. The lowest BCUT2D eigenvalue weighted by Crippen LogP contribution is -2.27. The minimum atomic E-state index is -0.151. The third-order valence-corrected chi connectivity index (χ3v) is 3.29. The molecule has 5 nitrogen and oxygen atoms in total. The van der Waals surface area contributed by atoms with Gasteiger partial charge in [-0.3, -0.25) is 15.6 Å². The Balaban J connectivity index is 2.12. The Kier molecular flexibility index (Phi) is 4.70. The zero-order chi connectivity index (χ0) is 14.5. The molecule has 0 radical (unpaired) electrons. The molecule has 0 aliphatic carbocycles. The van der Waals surface area contributed by atoms with Gasteiger partial charge in [0.15, 0.2) is 0 Å². The number of hydrogen-bond donors (Lipinski definition) is 2. The van der Waals surface area contributed by atoms with Crippen molar-refractivity contribution in [2.45, 2.75) is 6.54 Å². The van der Waals surface area contributed by atoms with Gasteiger partial charge in [-0.1, -0.05) is 28.1 Å². The van der Waals surface area contributed by atoms with Crippen LogP contribution in [-0.4, -0.2) is 22.8 Å². The average molecular weight is 335 g/mol. The lowest BCUT2D eigenvalue weighted by Gasteiger charge is -2.17. The lowest BCUT2D eigenvalue weighted by molar-refractivity contribution is 0.0779. The highest BCUT2D eigenvalue weighted by molar-refractivity contribution is 9.10. The van der Waals surface area contributed by atoms with Crippen LogP contribution in [0.2, 0.25) is 0 Å². The van der Waals surface area contributed by atoms with E-state index in [0.717, 1.165) is 10.0 Å². The van der Waals surface area contributed by atoms with Gasteiger partial charge >= 0.3 is 0 Å². The van der Waals surface area contributed by atoms with Crippen molar-refractivity contribution >= 4 is 27.5 Å². The molecule has 0 saturated carbocycles. The second-order valence-corrected chi connectivity index (χ2v) is 5.28. The molecule has 2 rings (SSSR count). The number of nitrogens with zero attached hydrogens (tertiary/aromatic N) is 2. The maximum atomic E-state index is 12.3. The molecule has 0 bridgehead atoms. The van der Waals surface area contributed by atoms with Crippen LogP contribution in [-0.2, 0) is 6.54 Å². The summed E-state index contributed by atoms with van der Waals surface area (Å²) in [7, 11) is 1.74. The van der Waals surface area contributed by atoms with Crippen molar-refractivity contribution in [3.05, 3.63) is 58.3 Å². The van der Waals surface area contributed by atoms with Gasteiger partial charge in [0.25, 0.3) is 5.91 Å². The summed E-state index contributed by atoms with van der Waals surface area (Å²) in [6.07, 6.45) is 1.55. The van der Waals surface area contributed by atoms with Crippen LogP contribution in [0.4, 0.5) is 5.69 Å². The molecule has 0 aliphatic heterocycles. The summed E-state index contributed by atoms with van der Waals surface area (Å²) in [5, 5.41) is 0. The number of nitrogen functional groups attached to an aromatic ring is 1. The number of halogens is 1. The molecule has 0 fully saturated rings. The number of nitrogens with two attached hydrogens (primary N) is 1. The van der Waals surface area contributed by atoms with Crippen LogP contribution in [0.1, 0.15) is 16.1 Å². The Morgan fingerprint density at radius 1 is 1.40 bits per heavy atom. The summed E-state index contributed by atoms with van der Waals surface area (Å²) in [5.41, 5.74) is 4.56. The predicted molar refractivity (Wildman–Crippen MR) is 82.0 cm³/mol. The zero-order valence-corrected chi connectivity index (χ0v) is 12.6. The number of hydrazine groups is 1. The Hall–Kier alpha value is -1.92. The predicted octanol–water partition coefficient (Wildman–Crippen LogP) is 2.40. The van der Waals surface area contributed by atoms with E-state index in [1.807, 2.05) is 24.3 Å². The van der Waals surface area contributed by atoms with Gasteiger partial charge in [-0.05, 0) is 29.8 Å². The van der Waals surface area contributed by atoms with Crippen LogP contribution in [0.5, 0.6) is 0 Å². The Bertz CT molecular complexity index is 618. The highest BCUT2D eigenvalue weighted by Crippen LogP contribution is 2.14. The Labute approximate surface area is 125 Å². The number of pyridine rings is 1. The molecular formula is C14H15BrN4O. The quantitative estimate of drug-likeness (QED) is 0.665. The smallest absolute Gasteiger partial charge is 0.272 e. The fourth-order valence-electron chi connectivity index (χ4n) is 1.81. The minimum absolute atomic E-state index is 0.151. The third kappa shape index (κ3) is 3.55. The molecule has 6 heteroatoms. The topological polar surface area (TPSA) is 71.2 Å². The van der Waals surface area contributed by atoms with E-state index in [2.05, 4.69) is 26.3 Å². The monoisotopic (exact) mass is 334 g/mol. The summed E-state index contributed by atoms with van der Waals surface area (Å²) in [6, 6.07) is 11.2. The van der Waals surface area contributed by atoms with Crippen molar-refractivity contribution in [1.29, 1.82) is 0 Å². The van der Waals surface area contributed by atoms with Crippen molar-refractivity contribution in [1.82, 2.24) is 9.88 Å². The van der Waals surface area contributed by atoms with Crippen LogP contribution in [0.15, 0.2) is 47.1 Å². The number of rotatable bonds is 4. The molecular weight excluding hydrogens is 320 g/mol. The second kappa shape index (κ2) is 6.49. The molecule has 1 aromatic carbocycles. The fraction of sp³-hybridized carbons (Fsp3) is 0.143. The molecule has 104 valence electrons. The first-order valence-electron chi connectivity index (χ1n) is 6.02. The van der Waals surface area contributed by atoms with E-state index in [1.165, 1.54) is 0 Å². The van der Waals surface area contributed by atoms with E-state index in [9.17, 15) is 4.79 Å². The van der Waals surface area contributed by atoms with Gasteiger partial charge in [-0.25, -0.2) is 0 Å². The molecule has 3 N–H and O–H groups in total. The largest absolute Gasteiger partial charge is 0.336 e. The van der Waals surface area contributed by atoms with E-state index in [1.54, 1.807) is 30.3 Å². The van der Waals surface area contributed by atoms with Crippen molar-refractivity contribution in [3.63, 3.8) is 0 Å². The van der Waals surface area contributed by atoms with E-state index in [0.29, 0.717) is 17.9 Å². The number of anilines is 1. The van der Waals surface area contributed by atoms with Crippen LogP contribution in [0.3, 0.4) is 0 Å². The van der Waals surface area contributed by atoms with Crippen molar-refractivity contribution in [2.75, 3.05) is 12.5 Å². The van der Waals surface area contributed by atoms with Gasteiger partial charge in [0.1, 0.15) is 5.69 Å². The number of amides is 1. The van der Waals surface area contributed by atoms with Crippen LogP contribution >= 0.6 is 15.9 Å². The SMILES string of the molecule is CN(Cc1cccc(Br)c1)C(=O)c1cc(NN)ccn1. The number of carbonyl (C=O) groups is 1. The first kappa shape index (κ1) is 14.5. The van der Waals surface area contributed by atoms with Crippen LogP contribution in [0.25, 0.3) is 0 Å². The molecule has 1 aromatic heterocycles. The molecule has 0 aliphatic rings. The molecule has 2 aromatic rings. The normalized spacial score (nSPS) is 10.2. The van der Waals surface area contributed by atoms with Gasteiger partial charge in [-0.15, -0.1) is 0 Å². The van der Waals surface area contributed by atoms with E-state index >= 15 is 0 Å². The molecule has 20 heavy (non-hydrogen) atoms. The molecule has 0 saturated heterocycles. The molecule has 0 spiro atoms. The van der Waals surface area contributed by atoms with Gasteiger partial charge < -0.3 is 10.3 Å². The number of nitrogens with one attached hydrogen (secondary N) is 1. The van der Waals surface area contributed by atoms with Crippen LogP contribution < -0.4 is 11.3 Å². The molecule has 1 amide bonds. The standard InChI is InChI=1S/C14H15BrN4O/c1-19(9-10-3-2-4-11(15)7-10)14(20)13-8-12(18-16)5-6-17-13/h2-8H,9,16H2,1H3,(H,17,18). The van der Waals surface area contributed by atoms with Gasteiger partial charge in [0, 0.05) is 24.3 Å². The molecule has 0 atom stereocenters. The summed E-state index contributed by atoms with van der Waals surface area (Å²) in [6.45, 7) is 0.514. The Morgan fingerprint density at radius 3 is 2.90 bits per heavy atom. The van der Waals surface area contributed by atoms with Crippen LogP contribution in [0, 0.1) is 0 Å². The zero-order valence-electron chi connectivity index (χ0n) is 11.0. The first-order valence-corrected chi connectivity index (χ1v) is 6.82. The summed E-state index contributed by atoms with van der Waals surface area (Å²) < 4.78 is 0.989. The highest BCUT2D eigenvalue weighted by atomic mass is 79.9. The number of aromatic nitrogens is 1. The van der Waals surface area contributed by atoms with Gasteiger partial charge in [0.2, 0.25) is 0 Å². The number of carbonyl (C=O) groups excluding carboxylic acids is 1. The Morgan fingerprint density at radius 2 is 2.20 bits per heavy atom. The van der Waals surface area contributed by atoms with Crippen molar-refractivity contribution in [3.8, 4) is 0 Å². The molecule has 0 unspecified atom stereocenters. The van der Waals surface area contributed by atoms with E-state index in [4.69, 9.17) is 5.84 Å². The van der Waals surface area contributed by atoms with Crippen molar-refractivity contribution < 1.29 is 4.79 Å². The summed E-state index contributed by atoms with van der Waals surface area (Å²) in [4.78, 5) is 18.0. The minimum Gasteiger partial charge on any atom is -0.336 e. The lowest BCUT2D eigenvalue weighted by atomic mass is 10.2. The number of hydrogen-bond acceptors (Lipinski definition) is 4. The number of benzene rings is 1. The summed E-state index contributed by atoms with van der Waals surface area (Å²) >= 11 is 3.41. The maximum absolute atomic E-state index is 12.3. The van der Waals surface area contributed by atoms with Crippen molar-refractivity contribution in [2.24, 2.45) is 5.84 Å². The van der Waals surface area contributed by atoms with E-state index in [-0.39, 0.29) is 5.91 Å². The third-order valence-electron chi connectivity index (χ3n) is 2.80.